The zero-order chi connectivity index (χ0) is 14.7. The van der Waals surface area contributed by atoms with Crippen LogP contribution in [0, 0.1) is 0 Å². The molecule has 1 aromatic rings. The number of carbonyl (C=O) groups is 1. The SMILES string of the molecule is CN(Cc1ccccc1)S(=O)(=O)C(=O)NC(C)(C)C. The topological polar surface area (TPSA) is 66.5 Å². The summed E-state index contributed by atoms with van der Waals surface area (Å²) in [4.78, 5) is 11.8. The van der Waals surface area contributed by atoms with Gasteiger partial charge < -0.3 is 5.32 Å². The Morgan fingerprint density at radius 1 is 1.21 bits per heavy atom. The molecule has 5 nitrogen and oxygen atoms in total. The predicted molar refractivity (Wildman–Crippen MR) is 75.1 cm³/mol. The second kappa shape index (κ2) is 5.71. The van der Waals surface area contributed by atoms with E-state index in [4.69, 9.17) is 0 Å². The standard InChI is InChI=1S/C13H20N2O3S/c1-13(2,3)14-12(16)19(17,18)15(4)10-11-8-6-5-7-9-11/h5-9H,10H2,1-4H3,(H,14,16). The largest absolute Gasteiger partial charge is 0.352 e. The zero-order valence-electron chi connectivity index (χ0n) is 11.7. The Labute approximate surface area is 114 Å². The number of benzene rings is 1. The van der Waals surface area contributed by atoms with Gasteiger partial charge in [-0.2, -0.15) is 4.31 Å². The molecule has 0 atom stereocenters. The van der Waals surface area contributed by atoms with E-state index in [2.05, 4.69) is 5.32 Å². The first kappa shape index (κ1) is 15.7. The molecule has 0 saturated carbocycles. The smallest absolute Gasteiger partial charge is 0.337 e. The number of amides is 1. The lowest BCUT2D eigenvalue weighted by molar-refractivity contribution is 0.248. The molecule has 1 rings (SSSR count). The van der Waals surface area contributed by atoms with E-state index in [1.54, 1.807) is 20.8 Å². The monoisotopic (exact) mass is 284 g/mol. The van der Waals surface area contributed by atoms with Gasteiger partial charge in [0, 0.05) is 19.1 Å². The van der Waals surface area contributed by atoms with E-state index in [1.165, 1.54) is 7.05 Å². The van der Waals surface area contributed by atoms with Gasteiger partial charge in [0.1, 0.15) is 0 Å². The van der Waals surface area contributed by atoms with Crippen LogP contribution in [0.15, 0.2) is 30.3 Å². The molecule has 106 valence electrons. The summed E-state index contributed by atoms with van der Waals surface area (Å²) >= 11 is 0. The van der Waals surface area contributed by atoms with Crippen LogP contribution in [0.1, 0.15) is 26.3 Å². The molecule has 0 heterocycles. The second-order valence-electron chi connectivity index (χ2n) is 5.41. The molecule has 0 unspecified atom stereocenters. The number of hydrogen-bond acceptors (Lipinski definition) is 3. The van der Waals surface area contributed by atoms with Crippen molar-refractivity contribution in [3.8, 4) is 0 Å². The lowest BCUT2D eigenvalue weighted by Gasteiger charge is -2.23. The van der Waals surface area contributed by atoms with E-state index in [0.29, 0.717) is 0 Å². The van der Waals surface area contributed by atoms with Crippen LogP contribution in [0.2, 0.25) is 0 Å². The molecule has 0 aromatic heterocycles. The Morgan fingerprint density at radius 3 is 2.21 bits per heavy atom. The lowest BCUT2D eigenvalue weighted by atomic mass is 10.1. The molecule has 0 aliphatic carbocycles. The van der Waals surface area contributed by atoms with Crippen LogP contribution in [-0.4, -0.2) is 30.5 Å². The summed E-state index contributed by atoms with van der Waals surface area (Å²) in [7, 11) is -2.59. The second-order valence-corrected chi connectivity index (χ2v) is 7.35. The van der Waals surface area contributed by atoms with Crippen molar-refractivity contribution < 1.29 is 13.2 Å². The molecule has 0 aliphatic heterocycles. The predicted octanol–water partition coefficient (Wildman–Crippen LogP) is 1.96. The van der Waals surface area contributed by atoms with Gasteiger partial charge in [-0.3, -0.25) is 4.79 Å². The molecular formula is C13H20N2O3S. The summed E-state index contributed by atoms with van der Waals surface area (Å²) in [5.74, 6) is 0. The average molecular weight is 284 g/mol. The number of rotatable bonds is 3. The highest BCUT2D eigenvalue weighted by molar-refractivity contribution is 8.03. The van der Waals surface area contributed by atoms with E-state index in [1.807, 2.05) is 30.3 Å². The van der Waals surface area contributed by atoms with E-state index < -0.39 is 20.8 Å². The summed E-state index contributed by atoms with van der Waals surface area (Å²) in [6, 6.07) is 9.13. The average Bonchev–Trinajstić information content (AvgIpc) is 2.27. The Kier molecular flexibility index (Phi) is 4.70. The minimum absolute atomic E-state index is 0.167. The molecule has 6 heteroatoms. The molecule has 0 spiro atoms. The molecule has 0 radical (unpaired) electrons. The molecular weight excluding hydrogens is 264 g/mol. The molecule has 19 heavy (non-hydrogen) atoms. The third-order valence-electron chi connectivity index (χ3n) is 2.37. The van der Waals surface area contributed by atoms with Crippen molar-refractivity contribution in [1.82, 2.24) is 9.62 Å². The Morgan fingerprint density at radius 2 is 1.74 bits per heavy atom. The van der Waals surface area contributed by atoms with Crippen LogP contribution in [-0.2, 0) is 16.6 Å². The van der Waals surface area contributed by atoms with E-state index in [-0.39, 0.29) is 6.54 Å². The Balaban J connectivity index is 2.80. The van der Waals surface area contributed by atoms with Gasteiger partial charge in [-0.05, 0) is 26.3 Å². The summed E-state index contributed by atoms with van der Waals surface area (Å²) in [6.07, 6.45) is 0. The Hall–Kier alpha value is -1.40. The molecule has 1 aromatic carbocycles. The van der Waals surface area contributed by atoms with E-state index >= 15 is 0 Å². The normalized spacial score (nSPS) is 12.5. The Bertz CT molecular complexity index is 533. The van der Waals surface area contributed by atoms with E-state index in [0.717, 1.165) is 9.87 Å². The van der Waals surface area contributed by atoms with Gasteiger partial charge in [-0.1, -0.05) is 30.3 Å². The molecule has 0 bridgehead atoms. The fourth-order valence-electron chi connectivity index (χ4n) is 1.44. The van der Waals surface area contributed by atoms with Gasteiger partial charge in [0.25, 0.3) is 10.0 Å². The number of nitrogens with zero attached hydrogens (tertiary/aromatic N) is 1. The lowest BCUT2D eigenvalue weighted by Crippen LogP contribution is -2.47. The highest BCUT2D eigenvalue weighted by atomic mass is 32.2. The summed E-state index contributed by atoms with van der Waals surface area (Å²) in [5.41, 5.74) is 0.245. The van der Waals surface area contributed by atoms with Crippen LogP contribution in [0.5, 0.6) is 0 Å². The molecule has 1 amide bonds. The van der Waals surface area contributed by atoms with Crippen LogP contribution in [0.3, 0.4) is 0 Å². The van der Waals surface area contributed by atoms with Crippen molar-refractivity contribution in [2.75, 3.05) is 7.05 Å². The van der Waals surface area contributed by atoms with Crippen molar-refractivity contribution in [3.05, 3.63) is 35.9 Å². The van der Waals surface area contributed by atoms with Crippen molar-refractivity contribution >= 4 is 15.3 Å². The van der Waals surface area contributed by atoms with Crippen LogP contribution >= 0.6 is 0 Å². The number of nitrogens with one attached hydrogen (secondary N) is 1. The van der Waals surface area contributed by atoms with Crippen molar-refractivity contribution in [2.24, 2.45) is 0 Å². The number of carbonyl (C=O) groups excluding carboxylic acids is 1. The summed E-state index contributed by atoms with van der Waals surface area (Å²) in [6.45, 7) is 5.37. The molecule has 0 aliphatic rings. The summed E-state index contributed by atoms with van der Waals surface area (Å²) < 4.78 is 25.1. The first-order valence-corrected chi connectivity index (χ1v) is 7.39. The van der Waals surface area contributed by atoms with Gasteiger partial charge in [0.2, 0.25) is 0 Å². The maximum absolute atomic E-state index is 12.0. The van der Waals surface area contributed by atoms with Crippen LogP contribution in [0.25, 0.3) is 0 Å². The zero-order valence-corrected chi connectivity index (χ0v) is 12.5. The van der Waals surface area contributed by atoms with Crippen molar-refractivity contribution in [2.45, 2.75) is 32.9 Å². The first-order chi connectivity index (χ1) is 8.63. The van der Waals surface area contributed by atoms with Crippen LogP contribution in [0.4, 0.5) is 4.79 Å². The molecule has 0 fully saturated rings. The van der Waals surface area contributed by atoms with Gasteiger partial charge in [-0.15, -0.1) is 0 Å². The maximum atomic E-state index is 12.0. The third kappa shape index (κ3) is 4.65. The van der Waals surface area contributed by atoms with Gasteiger partial charge >= 0.3 is 5.24 Å². The minimum Gasteiger partial charge on any atom is -0.337 e. The first-order valence-electron chi connectivity index (χ1n) is 5.95. The third-order valence-corrected chi connectivity index (χ3v) is 3.89. The summed E-state index contributed by atoms with van der Waals surface area (Å²) in [5, 5.41) is 1.48. The van der Waals surface area contributed by atoms with E-state index in [9.17, 15) is 13.2 Å². The van der Waals surface area contributed by atoms with Crippen molar-refractivity contribution in [1.29, 1.82) is 0 Å². The molecule has 1 N–H and O–H groups in total. The van der Waals surface area contributed by atoms with Gasteiger partial charge in [-0.25, -0.2) is 8.42 Å². The number of hydrogen-bond donors (Lipinski definition) is 1. The highest BCUT2D eigenvalue weighted by Crippen LogP contribution is 2.10. The number of sulfonamides is 1. The fourth-order valence-corrected chi connectivity index (χ4v) is 2.47. The van der Waals surface area contributed by atoms with Gasteiger partial charge in [0.15, 0.2) is 0 Å². The molecule has 0 saturated heterocycles. The van der Waals surface area contributed by atoms with Crippen LogP contribution < -0.4 is 5.32 Å². The van der Waals surface area contributed by atoms with Gasteiger partial charge in [0.05, 0.1) is 0 Å². The highest BCUT2D eigenvalue weighted by Gasteiger charge is 2.30. The van der Waals surface area contributed by atoms with Crippen molar-refractivity contribution in [3.63, 3.8) is 0 Å². The maximum Gasteiger partial charge on any atom is 0.352 e. The minimum atomic E-state index is -3.99. The fraction of sp³-hybridized carbons (Fsp3) is 0.462. The quantitative estimate of drug-likeness (QED) is 0.922.